The number of para-hydroxylation sites is 2. The van der Waals surface area contributed by atoms with Crippen molar-refractivity contribution in [2.75, 3.05) is 30.4 Å². The number of amides is 3. The van der Waals surface area contributed by atoms with E-state index < -0.39 is 6.10 Å². The summed E-state index contributed by atoms with van der Waals surface area (Å²) in [7, 11) is 1.54. The number of carbonyl (C=O) groups excluding carboxylic acids is 3. The Kier molecular flexibility index (Phi) is 6.22. The summed E-state index contributed by atoms with van der Waals surface area (Å²) < 4.78 is 6.50. The Labute approximate surface area is 177 Å². The van der Waals surface area contributed by atoms with Gasteiger partial charge in [-0.15, -0.1) is 0 Å². The molecule has 152 valence electrons. The van der Waals surface area contributed by atoms with E-state index in [-0.39, 0.29) is 30.8 Å². The molecule has 0 aromatic heterocycles. The van der Waals surface area contributed by atoms with Gasteiger partial charge in [-0.05, 0) is 49.7 Å². The Bertz CT molecular complexity index is 963. The lowest BCUT2D eigenvalue weighted by molar-refractivity contribution is -0.134. The molecule has 3 amide bonds. The van der Waals surface area contributed by atoms with E-state index in [0.29, 0.717) is 17.1 Å². The zero-order valence-electron chi connectivity index (χ0n) is 16.4. The van der Waals surface area contributed by atoms with Gasteiger partial charge in [-0.1, -0.05) is 28.1 Å². The van der Waals surface area contributed by atoms with Crippen LogP contribution < -0.4 is 15.0 Å². The maximum Gasteiger partial charge on any atom is 0.268 e. The molecule has 8 heteroatoms. The summed E-state index contributed by atoms with van der Waals surface area (Å²) in [5.74, 6) is -0.392. The molecule has 0 unspecified atom stereocenters. The van der Waals surface area contributed by atoms with E-state index in [9.17, 15) is 14.4 Å². The molecule has 7 nitrogen and oxygen atoms in total. The second-order valence-corrected chi connectivity index (χ2v) is 7.83. The van der Waals surface area contributed by atoms with Crippen molar-refractivity contribution in [3.05, 3.63) is 52.5 Å². The van der Waals surface area contributed by atoms with Crippen LogP contribution in [-0.2, 0) is 14.4 Å². The molecule has 2 aromatic rings. The molecule has 0 bridgehead atoms. The number of hydrogen-bond donors (Lipinski definition) is 1. The van der Waals surface area contributed by atoms with Crippen LogP contribution in [0.15, 0.2) is 46.9 Å². The van der Waals surface area contributed by atoms with Crippen LogP contribution in [-0.4, -0.2) is 48.9 Å². The molecule has 0 spiro atoms. The number of aryl methyl sites for hydroxylation is 1. The topological polar surface area (TPSA) is 79.0 Å². The fraction of sp³-hybridized carbons (Fsp3) is 0.286. The third-order valence-electron chi connectivity index (χ3n) is 4.64. The van der Waals surface area contributed by atoms with Crippen molar-refractivity contribution in [2.45, 2.75) is 20.0 Å². The quantitative estimate of drug-likeness (QED) is 0.745. The van der Waals surface area contributed by atoms with Crippen LogP contribution in [0.2, 0.25) is 0 Å². The largest absolute Gasteiger partial charge is 0.479 e. The molecule has 0 saturated heterocycles. The molecule has 1 atom stereocenters. The molecule has 1 heterocycles. The number of likely N-dealkylation sites (N-methyl/N-ethyl adjacent to an activating group) is 1. The zero-order valence-corrected chi connectivity index (χ0v) is 18.0. The first-order valence-corrected chi connectivity index (χ1v) is 9.92. The van der Waals surface area contributed by atoms with Gasteiger partial charge in [0, 0.05) is 17.2 Å². The van der Waals surface area contributed by atoms with Crippen molar-refractivity contribution in [1.82, 2.24) is 4.90 Å². The molecule has 1 N–H and O–H groups in total. The maximum absolute atomic E-state index is 12.7. The average Bonchev–Trinajstić information content (AvgIpc) is 2.67. The number of rotatable bonds is 5. The van der Waals surface area contributed by atoms with E-state index in [0.717, 1.165) is 10.0 Å². The van der Waals surface area contributed by atoms with Crippen molar-refractivity contribution < 1.29 is 19.1 Å². The molecular weight excluding hydrogens is 438 g/mol. The number of halogens is 1. The first-order chi connectivity index (χ1) is 13.8. The van der Waals surface area contributed by atoms with Crippen LogP contribution in [0.3, 0.4) is 0 Å². The van der Waals surface area contributed by atoms with Gasteiger partial charge in [0.05, 0.1) is 12.2 Å². The molecule has 0 saturated carbocycles. The van der Waals surface area contributed by atoms with Gasteiger partial charge in [-0.25, -0.2) is 0 Å². The molecule has 1 aliphatic heterocycles. The van der Waals surface area contributed by atoms with Gasteiger partial charge in [0.1, 0.15) is 12.3 Å². The number of nitrogens with zero attached hydrogens (tertiary/aromatic N) is 2. The number of anilines is 2. The van der Waals surface area contributed by atoms with Gasteiger partial charge in [-0.2, -0.15) is 0 Å². The molecule has 1 aliphatic rings. The van der Waals surface area contributed by atoms with E-state index in [4.69, 9.17) is 4.74 Å². The summed E-state index contributed by atoms with van der Waals surface area (Å²) in [5, 5.41) is 2.80. The second-order valence-electron chi connectivity index (χ2n) is 6.91. The number of hydrogen-bond acceptors (Lipinski definition) is 4. The summed E-state index contributed by atoms with van der Waals surface area (Å²) in [4.78, 5) is 40.3. The average molecular weight is 460 g/mol. The standard InChI is InChI=1S/C21H22BrN3O4/c1-13-10-15(22)8-9-16(13)23-19(26)11-24(3)20(27)12-25-17-6-4-5-7-18(17)29-14(2)21(25)28/h4-10,14H,11-12H2,1-3H3,(H,23,26)/t14-/m0/s1. The van der Waals surface area contributed by atoms with E-state index in [2.05, 4.69) is 21.2 Å². The molecule has 29 heavy (non-hydrogen) atoms. The lowest BCUT2D eigenvalue weighted by Gasteiger charge is -2.33. The highest BCUT2D eigenvalue weighted by Crippen LogP contribution is 2.33. The lowest BCUT2D eigenvalue weighted by atomic mass is 10.2. The van der Waals surface area contributed by atoms with E-state index >= 15 is 0 Å². The van der Waals surface area contributed by atoms with E-state index in [1.165, 1.54) is 16.8 Å². The van der Waals surface area contributed by atoms with Crippen LogP contribution in [0.4, 0.5) is 11.4 Å². The minimum absolute atomic E-state index is 0.121. The Morgan fingerprint density at radius 3 is 2.69 bits per heavy atom. The fourth-order valence-electron chi connectivity index (χ4n) is 3.04. The van der Waals surface area contributed by atoms with Crippen molar-refractivity contribution in [3.63, 3.8) is 0 Å². The zero-order chi connectivity index (χ0) is 21.1. The molecule has 2 aromatic carbocycles. The number of fused-ring (bicyclic) bond motifs is 1. The summed E-state index contributed by atoms with van der Waals surface area (Å²) in [6, 6.07) is 12.6. The molecule has 0 fully saturated rings. The van der Waals surface area contributed by atoms with Crippen LogP contribution in [0, 0.1) is 6.92 Å². The number of ether oxygens (including phenoxy) is 1. The highest BCUT2D eigenvalue weighted by molar-refractivity contribution is 9.10. The van der Waals surface area contributed by atoms with Crippen LogP contribution in [0.1, 0.15) is 12.5 Å². The minimum atomic E-state index is -0.674. The predicted octanol–water partition coefficient (Wildman–Crippen LogP) is 2.97. The summed E-state index contributed by atoms with van der Waals surface area (Å²) in [5.41, 5.74) is 2.14. The Hall–Kier alpha value is -2.87. The summed E-state index contributed by atoms with van der Waals surface area (Å²) in [6.45, 7) is 3.25. The summed E-state index contributed by atoms with van der Waals surface area (Å²) >= 11 is 3.38. The van der Waals surface area contributed by atoms with Gasteiger partial charge in [0.15, 0.2) is 6.10 Å². The lowest BCUT2D eigenvalue weighted by Crippen LogP contribution is -2.49. The van der Waals surface area contributed by atoms with Crippen molar-refractivity contribution in [3.8, 4) is 5.75 Å². The maximum atomic E-state index is 12.7. The molecule has 3 rings (SSSR count). The van der Waals surface area contributed by atoms with E-state index in [1.54, 1.807) is 31.2 Å². The van der Waals surface area contributed by atoms with Crippen LogP contribution in [0.5, 0.6) is 5.75 Å². The van der Waals surface area contributed by atoms with Gasteiger partial charge in [-0.3, -0.25) is 19.3 Å². The highest BCUT2D eigenvalue weighted by atomic mass is 79.9. The monoisotopic (exact) mass is 459 g/mol. The van der Waals surface area contributed by atoms with Gasteiger partial charge >= 0.3 is 0 Å². The molecule has 0 aliphatic carbocycles. The summed E-state index contributed by atoms with van der Waals surface area (Å²) in [6.07, 6.45) is -0.674. The molecule has 0 radical (unpaired) electrons. The third-order valence-corrected chi connectivity index (χ3v) is 5.13. The highest BCUT2D eigenvalue weighted by Gasteiger charge is 2.33. The SMILES string of the molecule is Cc1cc(Br)ccc1NC(=O)CN(C)C(=O)CN1C(=O)[C@H](C)Oc2ccccc21. The van der Waals surface area contributed by atoms with Gasteiger partial charge < -0.3 is 15.0 Å². The third kappa shape index (κ3) is 4.76. The smallest absolute Gasteiger partial charge is 0.268 e. The van der Waals surface area contributed by atoms with Crippen molar-refractivity contribution >= 4 is 45.0 Å². The van der Waals surface area contributed by atoms with Gasteiger partial charge in [0.2, 0.25) is 11.8 Å². The first kappa shape index (κ1) is 20.9. The molecular formula is C21H22BrN3O4. The first-order valence-electron chi connectivity index (χ1n) is 9.13. The van der Waals surface area contributed by atoms with Crippen molar-refractivity contribution in [2.24, 2.45) is 0 Å². The number of nitrogens with one attached hydrogen (secondary N) is 1. The predicted molar refractivity (Wildman–Crippen MR) is 114 cm³/mol. The normalized spacial score (nSPS) is 15.4. The van der Waals surface area contributed by atoms with Crippen molar-refractivity contribution in [1.29, 1.82) is 0 Å². The van der Waals surface area contributed by atoms with Crippen LogP contribution in [0.25, 0.3) is 0 Å². The minimum Gasteiger partial charge on any atom is -0.479 e. The fourth-order valence-corrected chi connectivity index (χ4v) is 3.51. The van der Waals surface area contributed by atoms with Gasteiger partial charge in [0.25, 0.3) is 5.91 Å². The van der Waals surface area contributed by atoms with E-state index in [1.807, 2.05) is 25.1 Å². The number of benzene rings is 2. The Balaban J connectivity index is 1.64. The Morgan fingerprint density at radius 2 is 1.97 bits per heavy atom. The van der Waals surface area contributed by atoms with Crippen LogP contribution >= 0.6 is 15.9 Å². The number of carbonyl (C=O) groups is 3. The Morgan fingerprint density at radius 1 is 1.24 bits per heavy atom. The second kappa shape index (κ2) is 8.65.